The van der Waals surface area contributed by atoms with Gasteiger partial charge in [0, 0.05) is 56.2 Å². The lowest BCUT2D eigenvalue weighted by Crippen LogP contribution is -2.32. The van der Waals surface area contributed by atoms with Crippen molar-refractivity contribution in [1.82, 2.24) is 19.9 Å². The highest BCUT2D eigenvalue weighted by atomic mass is 16.5. The van der Waals surface area contributed by atoms with E-state index in [9.17, 15) is 0 Å². The Morgan fingerprint density at radius 2 is 1.09 bits per heavy atom. The molecule has 0 fully saturated rings. The van der Waals surface area contributed by atoms with Crippen LogP contribution in [0.4, 0.5) is 0 Å². The molecule has 1 aliphatic heterocycles. The van der Waals surface area contributed by atoms with Crippen LogP contribution in [0.2, 0.25) is 0 Å². The normalized spacial score (nSPS) is 15.4. The molecule has 2 aliphatic rings. The van der Waals surface area contributed by atoms with Crippen LogP contribution >= 0.6 is 0 Å². The molecule has 0 saturated carbocycles. The van der Waals surface area contributed by atoms with Crippen LogP contribution in [0.5, 0.6) is 11.5 Å². The number of nitrogens with zero attached hydrogens (tertiary/aromatic N) is 3. The fourth-order valence-corrected chi connectivity index (χ4v) is 8.97. The lowest BCUT2D eigenvalue weighted by molar-refractivity contribution is 0.436. The highest BCUT2D eigenvalue weighted by Crippen LogP contribution is 2.62. The molecule has 0 radical (unpaired) electrons. The van der Waals surface area contributed by atoms with E-state index in [0.29, 0.717) is 0 Å². The number of fused-ring (bicyclic) bond motifs is 15. The van der Waals surface area contributed by atoms with Crippen LogP contribution < -0.4 is 4.74 Å². The molecule has 5 nitrogen and oxygen atoms in total. The summed E-state index contributed by atoms with van der Waals surface area (Å²) in [6.07, 6.45) is 3.82. The number of hydrogen-bond acceptors (Lipinski definition) is 4. The zero-order valence-corrected chi connectivity index (χ0v) is 28.3. The zero-order valence-electron chi connectivity index (χ0n) is 28.3. The molecule has 4 aromatic heterocycles. The maximum absolute atomic E-state index is 6.76. The van der Waals surface area contributed by atoms with Crippen molar-refractivity contribution >= 4 is 43.6 Å². The maximum atomic E-state index is 6.76. The molecule has 5 heteroatoms. The summed E-state index contributed by atoms with van der Waals surface area (Å²) < 4.78 is 6.76. The minimum Gasteiger partial charge on any atom is -0.457 e. The predicted molar refractivity (Wildman–Crippen MR) is 212 cm³/mol. The van der Waals surface area contributed by atoms with Crippen molar-refractivity contribution in [3.63, 3.8) is 0 Å². The van der Waals surface area contributed by atoms with Crippen LogP contribution in [-0.2, 0) is 5.41 Å². The molecular weight excluding hydrogens is 649 g/mol. The summed E-state index contributed by atoms with van der Waals surface area (Å²) in [5.41, 5.74) is 14.2. The van der Waals surface area contributed by atoms with E-state index in [0.717, 1.165) is 88.8 Å². The van der Waals surface area contributed by atoms with Crippen molar-refractivity contribution in [1.29, 1.82) is 0 Å². The third-order valence-electron chi connectivity index (χ3n) is 11.3. The summed E-state index contributed by atoms with van der Waals surface area (Å²) in [6, 6.07) is 54.0. The Hall–Kier alpha value is -7.11. The molecule has 1 spiro atoms. The first kappa shape index (κ1) is 28.6. The van der Waals surface area contributed by atoms with Gasteiger partial charge in [-0.15, -0.1) is 0 Å². The molecule has 10 aromatic rings. The number of hydrogen-bond donors (Lipinski definition) is 1. The number of aromatic amines is 1. The van der Waals surface area contributed by atoms with Gasteiger partial charge >= 0.3 is 0 Å². The van der Waals surface area contributed by atoms with Gasteiger partial charge in [-0.25, -0.2) is 9.97 Å². The van der Waals surface area contributed by atoms with Crippen LogP contribution in [-0.4, -0.2) is 19.9 Å². The fourth-order valence-electron chi connectivity index (χ4n) is 8.97. The molecule has 1 unspecified atom stereocenters. The first-order chi connectivity index (χ1) is 26.2. The monoisotopic (exact) mass is 676 g/mol. The molecule has 1 aliphatic carbocycles. The van der Waals surface area contributed by atoms with E-state index in [2.05, 4.69) is 151 Å². The molecule has 0 saturated heterocycles. The Bertz CT molecular complexity index is 3180. The Labute approximate surface area is 304 Å². The van der Waals surface area contributed by atoms with Crippen LogP contribution in [0, 0.1) is 0 Å². The topological polar surface area (TPSA) is 63.7 Å². The van der Waals surface area contributed by atoms with E-state index in [4.69, 9.17) is 19.7 Å². The van der Waals surface area contributed by atoms with Gasteiger partial charge in [0.05, 0.1) is 38.9 Å². The average molecular weight is 677 g/mol. The van der Waals surface area contributed by atoms with E-state index in [1.54, 1.807) is 0 Å². The van der Waals surface area contributed by atoms with E-state index in [-0.39, 0.29) is 0 Å². The minimum absolute atomic E-state index is 0.642. The number of pyridine rings is 3. The second-order valence-electron chi connectivity index (χ2n) is 14.0. The molecular formula is C48H28N4O. The highest BCUT2D eigenvalue weighted by Gasteiger charge is 2.51. The number of rotatable bonds is 2. The number of H-pyrrole nitrogens is 1. The van der Waals surface area contributed by atoms with E-state index < -0.39 is 5.41 Å². The summed E-state index contributed by atoms with van der Waals surface area (Å²) >= 11 is 0. The van der Waals surface area contributed by atoms with Crippen molar-refractivity contribution in [2.75, 3.05) is 0 Å². The van der Waals surface area contributed by atoms with Gasteiger partial charge in [-0.3, -0.25) is 4.98 Å². The van der Waals surface area contributed by atoms with Gasteiger partial charge in [-0.1, -0.05) is 97.1 Å². The summed E-state index contributed by atoms with van der Waals surface area (Å²) in [6.45, 7) is 0. The largest absolute Gasteiger partial charge is 0.457 e. The Morgan fingerprint density at radius 1 is 0.453 bits per heavy atom. The summed E-state index contributed by atoms with van der Waals surface area (Å²) in [5, 5.41) is 4.41. The van der Waals surface area contributed by atoms with Gasteiger partial charge in [-0.2, -0.15) is 0 Å². The zero-order chi connectivity index (χ0) is 34.7. The first-order valence-electron chi connectivity index (χ1n) is 17.9. The van der Waals surface area contributed by atoms with Gasteiger partial charge in [0.15, 0.2) is 0 Å². The van der Waals surface area contributed by atoms with Crippen LogP contribution in [0.3, 0.4) is 0 Å². The Balaban J connectivity index is 1.12. The van der Waals surface area contributed by atoms with Crippen LogP contribution in [0.15, 0.2) is 164 Å². The van der Waals surface area contributed by atoms with Gasteiger partial charge in [0.25, 0.3) is 0 Å². The smallest absolute Gasteiger partial charge is 0.132 e. The summed E-state index contributed by atoms with van der Waals surface area (Å²) in [7, 11) is 0. The quantitative estimate of drug-likeness (QED) is 0.185. The Morgan fingerprint density at radius 3 is 1.96 bits per heavy atom. The first-order valence-corrected chi connectivity index (χ1v) is 17.9. The van der Waals surface area contributed by atoms with Crippen LogP contribution in [0.25, 0.3) is 77.3 Å². The SMILES string of the molecule is c1ccc2c(c1)Oc1ccc(-c3ccc4ccc5cccnc5c4n3)cc1C21c2ccccc2-c2ccc(-c3ccc4ccc5cc[nH]c5c4n3)cc21. The van der Waals surface area contributed by atoms with E-state index in [1.165, 1.54) is 22.3 Å². The highest BCUT2D eigenvalue weighted by molar-refractivity contribution is 6.05. The van der Waals surface area contributed by atoms with Gasteiger partial charge in [0.1, 0.15) is 11.5 Å². The van der Waals surface area contributed by atoms with E-state index in [1.807, 2.05) is 18.5 Å². The minimum atomic E-state index is -0.642. The molecule has 0 bridgehead atoms. The lowest BCUT2D eigenvalue weighted by Gasteiger charge is -2.39. The molecule has 5 heterocycles. The molecule has 6 aromatic carbocycles. The third kappa shape index (κ3) is 3.88. The predicted octanol–water partition coefficient (Wildman–Crippen LogP) is 11.6. The van der Waals surface area contributed by atoms with Crippen molar-refractivity contribution < 1.29 is 4.74 Å². The molecule has 1 atom stereocenters. The average Bonchev–Trinajstić information content (AvgIpc) is 3.82. The second kappa shape index (κ2) is 10.5. The second-order valence-corrected chi connectivity index (χ2v) is 14.0. The number of para-hydroxylation sites is 1. The van der Waals surface area contributed by atoms with Crippen molar-refractivity contribution in [2.24, 2.45) is 0 Å². The number of ether oxygens (including phenoxy) is 1. The third-order valence-corrected chi connectivity index (χ3v) is 11.3. The van der Waals surface area contributed by atoms with Crippen molar-refractivity contribution in [2.45, 2.75) is 5.41 Å². The van der Waals surface area contributed by atoms with Crippen molar-refractivity contribution in [3.05, 3.63) is 186 Å². The summed E-state index contributed by atoms with van der Waals surface area (Å²) in [5.74, 6) is 1.70. The van der Waals surface area contributed by atoms with Crippen LogP contribution in [0.1, 0.15) is 22.3 Å². The lowest BCUT2D eigenvalue weighted by atomic mass is 9.65. The molecule has 12 rings (SSSR count). The van der Waals surface area contributed by atoms with E-state index >= 15 is 0 Å². The van der Waals surface area contributed by atoms with Crippen molar-refractivity contribution in [3.8, 4) is 45.1 Å². The van der Waals surface area contributed by atoms with Gasteiger partial charge in [-0.05, 0) is 76.9 Å². The fraction of sp³-hybridized carbons (Fsp3) is 0.0208. The van der Waals surface area contributed by atoms with Gasteiger partial charge < -0.3 is 9.72 Å². The Kier molecular flexibility index (Phi) is 5.64. The summed E-state index contributed by atoms with van der Waals surface area (Å²) in [4.78, 5) is 18.7. The number of nitrogens with one attached hydrogen (secondary N) is 1. The maximum Gasteiger partial charge on any atom is 0.132 e. The standard InChI is InChI=1S/C48H28N4O/c1-2-8-36-34(7-1)35-19-15-32(40-20-16-30-13-14-31-23-25-50-45(31)47(30)51-40)26-38(35)48(36)37-9-3-4-10-42(37)53-43-22-18-33(27-39(43)48)41-21-17-29-12-11-28-6-5-24-49-44(28)46(29)52-41/h1-27,50H. The molecule has 0 amide bonds. The molecule has 53 heavy (non-hydrogen) atoms. The molecule has 246 valence electrons. The van der Waals surface area contributed by atoms with Gasteiger partial charge in [0.2, 0.25) is 0 Å². The number of benzene rings is 6. The number of aromatic nitrogens is 4. The molecule has 1 N–H and O–H groups in total.